The predicted octanol–water partition coefficient (Wildman–Crippen LogP) is 1.54. The Morgan fingerprint density at radius 3 is 2.71 bits per heavy atom. The fourth-order valence-corrected chi connectivity index (χ4v) is 2.00. The van der Waals surface area contributed by atoms with Crippen molar-refractivity contribution in [1.29, 1.82) is 0 Å². The minimum absolute atomic E-state index is 0.0350. The fraction of sp³-hybridized carbons (Fsp3) is 0.643. The molecule has 0 bridgehead atoms. The predicted molar refractivity (Wildman–Crippen MR) is 70.2 cm³/mol. The maximum Gasteiger partial charge on any atom is 0.240 e. The standard InChI is InChI=1S/C14H22N2O/c1-5-6-12(15)13(17)16-9-7-11(8-10-16)14(2,3)4/h1,7,12H,6,8-10,15H2,2-4H3. The van der Waals surface area contributed by atoms with Gasteiger partial charge in [-0.1, -0.05) is 32.4 Å². The summed E-state index contributed by atoms with van der Waals surface area (Å²) in [5.74, 6) is 2.40. The number of rotatable bonds is 2. The molecule has 1 amide bonds. The molecule has 0 aromatic carbocycles. The number of terminal acetylenes is 1. The van der Waals surface area contributed by atoms with Gasteiger partial charge in [-0.15, -0.1) is 12.3 Å². The molecule has 0 spiro atoms. The Morgan fingerprint density at radius 1 is 1.65 bits per heavy atom. The molecule has 0 aromatic rings. The van der Waals surface area contributed by atoms with Crippen molar-refractivity contribution in [3.8, 4) is 12.3 Å². The van der Waals surface area contributed by atoms with Crippen LogP contribution in [0.3, 0.4) is 0 Å². The molecule has 0 saturated carbocycles. The van der Waals surface area contributed by atoms with Crippen molar-refractivity contribution in [1.82, 2.24) is 4.90 Å². The van der Waals surface area contributed by atoms with Crippen molar-refractivity contribution >= 4 is 5.91 Å². The van der Waals surface area contributed by atoms with Gasteiger partial charge in [0, 0.05) is 19.5 Å². The molecule has 3 heteroatoms. The zero-order valence-electron chi connectivity index (χ0n) is 11.0. The Labute approximate surface area is 104 Å². The minimum Gasteiger partial charge on any atom is -0.337 e. The average molecular weight is 234 g/mol. The van der Waals surface area contributed by atoms with E-state index in [9.17, 15) is 4.79 Å². The molecule has 3 nitrogen and oxygen atoms in total. The molecule has 0 saturated heterocycles. The third kappa shape index (κ3) is 3.61. The van der Waals surface area contributed by atoms with Crippen LogP contribution in [0.1, 0.15) is 33.6 Å². The maximum absolute atomic E-state index is 11.9. The molecule has 1 unspecified atom stereocenters. The van der Waals surface area contributed by atoms with Crippen molar-refractivity contribution in [2.24, 2.45) is 11.1 Å². The lowest BCUT2D eigenvalue weighted by Crippen LogP contribution is -2.45. The molecule has 1 aliphatic heterocycles. The molecule has 0 aliphatic carbocycles. The van der Waals surface area contributed by atoms with Gasteiger partial charge in [0.15, 0.2) is 0 Å². The van der Waals surface area contributed by atoms with Crippen molar-refractivity contribution in [2.75, 3.05) is 13.1 Å². The maximum atomic E-state index is 11.9. The Balaban J connectivity index is 2.61. The molecule has 0 fully saturated rings. The van der Waals surface area contributed by atoms with Gasteiger partial charge < -0.3 is 10.6 Å². The Hall–Kier alpha value is -1.27. The second-order valence-corrected chi connectivity index (χ2v) is 5.53. The van der Waals surface area contributed by atoms with Crippen LogP contribution in [-0.4, -0.2) is 29.9 Å². The van der Waals surface area contributed by atoms with Crippen LogP contribution in [0.2, 0.25) is 0 Å². The van der Waals surface area contributed by atoms with E-state index in [-0.39, 0.29) is 11.3 Å². The summed E-state index contributed by atoms with van der Waals surface area (Å²) in [6, 6.07) is -0.551. The van der Waals surface area contributed by atoms with Crippen LogP contribution in [0, 0.1) is 17.8 Å². The van der Waals surface area contributed by atoms with Crippen molar-refractivity contribution in [3.05, 3.63) is 11.6 Å². The van der Waals surface area contributed by atoms with E-state index in [0.29, 0.717) is 13.0 Å². The van der Waals surface area contributed by atoms with E-state index in [1.165, 1.54) is 5.57 Å². The number of hydrogen-bond donors (Lipinski definition) is 1. The first-order chi connectivity index (χ1) is 7.86. The van der Waals surface area contributed by atoms with E-state index >= 15 is 0 Å². The Kier molecular flexibility index (Phi) is 4.36. The number of carbonyl (C=O) groups is 1. The molecular formula is C14H22N2O. The number of carbonyl (C=O) groups excluding carboxylic acids is 1. The second kappa shape index (κ2) is 5.37. The Bertz CT molecular complexity index is 357. The highest BCUT2D eigenvalue weighted by Crippen LogP contribution is 2.30. The third-order valence-electron chi connectivity index (χ3n) is 3.14. The topological polar surface area (TPSA) is 46.3 Å². The molecule has 94 valence electrons. The summed E-state index contributed by atoms with van der Waals surface area (Å²) >= 11 is 0. The normalized spacial score (nSPS) is 18.3. The Morgan fingerprint density at radius 2 is 2.29 bits per heavy atom. The summed E-state index contributed by atoms with van der Waals surface area (Å²) in [5, 5.41) is 0. The van der Waals surface area contributed by atoms with Gasteiger partial charge in [0.25, 0.3) is 0 Å². The highest BCUT2D eigenvalue weighted by atomic mass is 16.2. The summed E-state index contributed by atoms with van der Waals surface area (Å²) in [5.41, 5.74) is 7.32. The van der Waals surface area contributed by atoms with Gasteiger partial charge >= 0.3 is 0 Å². The van der Waals surface area contributed by atoms with Crippen molar-refractivity contribution in [2.45, 2.75) is 39.7 Å². The molecule has 1 rings (SSSR count). The molecule has 2 N–H and O–H groups in total. The minimum atomic E-state index is -0.551. The first kappa shape index (κ1) is 13.8. The molecule has 1 aliphatic rings. The van der Waals surface area contributed by atoms with Gasteiger partial charge in [0.2, 0.25) is 5.91 Å². The van der Waals surface area contributed by atoms with E-state index in [1.54, 1.807) is 4.90 Å². The van der Waals surface area contributed by atoms with E-state index < -0.39 is 6.04 Å². The van der Waals surface area contributed by atoms with E-state index in [4.69, 9.17) is 12.2 Å². The highest BCUT2D eigenvalue weighted by molar-refractivity contribution is 5.82. The van der Waals surface area contributed by atoms with Crippen LogP contribution in [0.25, 0.3) is 0 Å². The third-order valence-corrected chi connectivity index (χ3v) is 3.14. The van der Waals surface area contributed by atoms with Gasteiger partial charge in [-0.2, -0.15) is 0 Å². The summed E-state index contributed by atoms with van der Waals surface area (Å²) in [7, 11) is 0. The summed E-state index contributed by atoms with van der Waals surface area (Å²) < 4.78 is 0. The zero-order chi connectivity index (χ0) is 13.1. The number of hydrogen-bond acceptors (Lipinski definition) is 2. The van der Waals surface area contributed by atoms with Crippen LogP contribution in [0.5, 0.6) is 0 Å². The van der Waals surface area contributed by atoms with Crippen molar-refractivity contribution < 1.29 is 4.79 Å². The molecule has 1 heterocycles. The summed E-state index contributed by atoms with van der Waals surface area (Å²) in [6.07, 6.45) is 8.55. The first-order valence-corrected chi connectivity index (χ1v) is 6.03. The molecule has 0 aromatic heterocycles. The molecule has 1 atom stereocenters. The van der Waals surface area contributed by atoms with Crippen LogP contribution < -0.4 is 5.73 Å². The highest BCUT2D eigenvalue weighted by Gasteiger charge is 2.25. The van der Waals surface area contributed by atoms with Gasteiger partial charge in [-0.25, -0.2) is 0 Å². The van der Waals surface area contributed by atoms with Gasteiger partial charge in [-0.3, -0.25) is 4.79 Å². The van der Waals surface area contributed by atoms with Crippen LogP contribution in [-0.2, 0) is 4.79 Å². The quantitative estimate of drug-likeness (QED) is 0.582. The molecule has 17 heavy (non-hydrogen) atoms. The van der Waals surface area contributed by atoms with E-state index in [1.807, 2.05) is 0 Å². The average Bonchev–Trinajstić information content (AvgIpc) is 2.27. The van der Waals surface area contributed by atoms with E-state index in [2.05, 4.69) is 32.8 Å². The van der Waals surface area contributed by atoms with Gasteiger partial charge in [-0.05, 0) is 11.8 Å². The largest absolute Gasteiger partial charge is 0.337 e. The lowest BCUT2D eigenvalue weighted by molar-refractivity contribution is -0.132. The van der Waals surface area contributed by atoms with Gasteiger partial charge in [0.05, 0.1) is 6.04 Å². The van der Waals surface area contributed by atoms with Crippen molar-refractivity contribution in [3.63, 3.8) is 0 Å². The zero-order valence-corrected chi connectivity index (χ0v) is 11.0. The first-order valence-electron chi connectivity index (χ1n) is 6.03. The lowest BCUT2D eigenvalue weighted by Gasteiger charge is -2.33. The van der Waals surface area contributed by atoms with Gasteiger partial charge in [0.1, 0.15) is 0 Å². The number of nitrogens with two attached hydrogens (primary N) is 1. The van der Waals surface area contributed by atoms with Crippen LogP contribution in [0.4, 0.5) is 0 Å². The second-order valence-electron chi connectivity index (χ2n) is 5.53. The summed E-state index contributed by atoms with van der Waals surface area (Å²) in [6.45, 7) is 7.99. The van der Waals surface area contributed by atoms with Crippen LogP contribution >= 0.6 is 0 Å². The fourth-order valence-electron chi connectivity index (χ4n) is 2.00. The SMILES string of the molecule is C#CCC(N)C(=O)N1CC=C(C(C)(C)C)CC1. The van der Waals surface area contributed by atoms with E-state index in [0.717, 1.165) is 13.0 Å². The number of nitrogens with zero attached hydrogens (tertiary/aromatic N) is 1. The summed E-state index contributed by atoms with van der Waals surface area (Å²) in [4.78, 5) is 13.7. The monoisotopic (exact) mass is 234 g/mol. The smallest absolute Gasteiger partial charge is 0.240 e. The molecular weight excluding hydrogens is 212 g/mol. The number of amides is 1. The lowest BCUT2D eigenvalue weighted by atomic mass is 9.83. The molecule has 0 radical (unpaired) electrons. The van der Waals surface area contributed by atoms with Crippen LogP contribution in [0.15, 0.2) is 11.6 Å².